The second-order valence-electron chi connectivity index (χ2n) is 5.68. The highest BCUT2D eigenvalue weighted by Gasteiger charge is 2.11. The van der Waals surface area contributed by atoms with E-state index in [4.69, 9.17) is 9.47 Å². The van der Waals surface area contributed by atoms with Crippen molar-refractivity contribution >= 4 is 28.7 Å². The van der Waals surface area contributed by atoms with Crippen molar-refractivity contribution in [1.82, 2.24) is 4.98 Å². The first-order valence-electron chi connectivity index (χ1n) is 8.26. The van der Waals surface area contributed by atoms with Crippen molar-refractivity contribution in [2.45, 2.75) is 0 Å². The first kappa shape index (κ1) is 18.1. The van der Waals surface area contributed by atoms with Crippen LogP contribution in [0.15, 0.2) is 61.2 Å². The fourth-order valence-electron chi connectivity index (χ4n) is 2.64. The van der Waals surface area contributed by atoms with E-state index in [1.165, 1.54) is 6.07 Å². The van der Waals surface area contributed by atoms with Gasteiger partial charge in [0.2, 0.25) is 0 Å². The van der Waals surface area contributed by atoms with Gasteiger partial charge in [0.1, 0.15) is 6.61 Å². The molecule has 3 rings (SSSR count). The van der Waals surface area contributed by atoms with E-state index in [-0.39, 0.29) is 5.69 Å². The Kier molecular flexibility index (Phi) is 5.47. The minimum Gasteiger partial charge on any atom is -0.493 e. The zero-order chi connectivity index (χ0) is 19.2. The molecule has 6 heteroatoms. The predicted molar refractivity (Wildman–Crippen MR) is 106 cm³/mol. The maximum absolute atomic E-state index is 11.1. The molecule has 0 radical (unpaired) electrons. The fourth-order valence-corrected chi connectivity index (χ4v) is 2.64. The third kappa shape index (κ3) is 4.12. The number of fused-ring (bicyclic) bond motifs is 1. The SMILES string of the molecule is C=CCOc1ccc(/C=C/c2ccc3c([N+](=O)[O-])cccc3n2)cc1OC. The Hall–Kier alpha value is -3.67. The highest BCUT2D eigenvalue weighted by molar-refractivity contribution is 5.89. The molecule has 27 heavy (non-hydrogen) atoms. The number of nitrogens with zero attached hydrogens (tertiary/aromatic N) is 2. The number of non-ortho nitro benzene ring substituents is 1. The molecule has 6 nitrogen and oxygen atoms in total. The van der Waals surface area contributed by atoms with E-state index >= 15 is 0 Å². The molecule has 0 aliphatic carbocycles. The normalized spacial score (nSPS) is 10.9. The van der Waals surface area contributed by atoms with Crippen molar-refractivity contribution in [2.24, 2.45) is 0 Å². The summed E-state index contributed by atoms with van der Waals surface area (Å²) in [6.07, 6.45) is 5.41. The zero-order valence-electron chi connectivity index (χ0n) is 14.8. The summed E-state index contributed by atoms with van der Waals surface area (Å²) < 4.78 is 10.9. The van der Waals surface area contributed by atoms with E-state index < -0.39 is 4.92 Å². The van der Waals surface area contributed by atoms with Crippen molar-refractivity contribution in [1.29, 1.82) is 0 Å². The molecule has 0 saturated heterocycles. The standard InChI is InChI=1S/C21H18N2O4/c1-3-13-27-20-12-8-15(14-21(20)26-2)7-9-16-10-11-17-18(22-16)5-4-6-19(17)23(24)25/h3-12,14H,1,13H2,2H3/b9-7+. The van der Waals surface area contributed by atoms with Crippen LogP contribution in [0.4, 0.5) is 5.69 Å². The van der Waals surface area contributed by atoms with Crippen LogP contribution in [-0.2, 0) is 0 Å². The highest BCUT2D eigenvalue weighted by Crippen LogP contribution is 2.29. The number of hydrogen-bond acceptors (Lipinski definition) is 5. The Bertz CT molecular complexity index is 1030. The van der Waals surface area contributed by atoms with Gasteiger partial charge in [-0.3, -0.25) is 10.1 Å². The van der Waals surface area contributed by atoms with Crippen LogP contribution in [0.1, 0.15) is 11.3 Å². The lowest BCUT2D eigenvalue weighted by atomic mass is 10.1. The van der Waals surface area contributed by atoms with Crippen LogP contribution >= 0.6 is 0 Å². The summed E-state index contributed by atoms with van der Waals surface area (Å²) >= 11 is 0. The van der Waals surface area contributed by atoms with Crippen molar-refractivity contribution < 1.29 is 14.4 Å². The first-order chi connectivity index (χ1) is 13.1. The van der Waals surface area contributed by atoms with Crippen molar-refractivity contribution in [3.05, 3.63) is 82.6 Å². The molecule has 0 atom stereocenters. The lowest BCUT2D eigenvalue weighted by Crippen LogP contribution is -1.96. The van der Waals surface area contributed by atoms with E-state index in [1.807, 2.05) is 30.4 Å². The molecule has 1 aromatic heterocycles. The molecule has 2 aromatic carbocycles. The minimum absolute atomic E-state index is 0.0513. The second kappa shape index (κ2) is 8.14. The van der Waals surface area contributed by atoms with Crippen LogP contribution in [0.5, 0.6) is 11.5 Å². The van der Waals surface area contributed by atoms with Gasteiger partial charge in [0, 0.05) is 6.07 Å². The molecule has 0 N–H and O–H groups in total. The number of nitro groups is 1. The molecule has 0 fully saturated rings. The second-order valence-corrected chi connectivity index (χ2v) is 5.68. The van der Waals surface area contributed by atoms with Crippen LogP contribution in [0, 0.1) is 10.1 Å². The molecule has 1 heterocycles. The topological polar surface area (TPSA) is 74.5 Å². The number of hydrogen-bond donors (Lipinski definition) is 0. The average Bonchev–Trinajstić information content (AvgIpc) is 2.70. The average molecular weight is 362 g/mol. The number of aromatic nitrogens is 1. The highest BCUT2D eigenvalue weighted by atomic mass is 16.6. The Morgan fingerprint density at radius 1 is 1.15 bits per heavy atom. The van der Waals surface area contributed by atoms with Crippen molar-refractivity contribution in [3.8, 4) is 11.5 Å². The minimum atomic E-state index is -0.401. The Balaban J connectivity index is 1.87. The zero-order valence-corrected chi connectivity index (χ0v) is 14.8. The Labute approximate surface area is 156 Å². The third-order valence-corrected chi connectivity index (χ3v) is 3.92. The molecule has 0 aliphatic rings. The molecule has 136 valence electrons. The maximum atomic E-state index is 11.1. The molecular formula is C21H18N2O4. The van der Waals surface area contributed by atoms with Crippen molar-refractivity contribution in [3.63, 3.8) is 0 Å². The molecule has 0 bridgehead atoms. The van der Waals surface area contributed by atoms with Gasteiger partial charge in [-0.2, -0.15) is 0 Å². The molecule has 0 spiro atoms. The molecule has 0 aliphatic heterocycles. The summed E-state index contributed by atoms with van der Waals surface area (Å²) in [4.78, 5) is 15.2. The first-order valence-corrected chi connectivity index (χ1v) is 8.26. The van der Waals surface area contributed by atoms with Crippen LogP contribution in [0.3, 0.4) is 0 Å². The van der Waals surface area contributed by atoms with E-state index in [0.717, 1.165) is 5.56 Å². The van der Waals surface area contributed by atoms with Crippen LogP contribution in [0.25, 0.3) is 23.1 Å². The lowest BCUT2D eigenvalue weighted by molar-refractivity contribution is -0.383. The van der Waals surface area contributed by atoms with Gasteiger partial charge in [-0.15, -0.1) is 0 Å². The molecule has 3 aromatic rings. The summed E-state index contributed by atoms with van der Waals surface area (Å²) in [5.74, 6) is 1.27. The number of rotatable bonds is 7. The summed E-state index contributed by atoms with van der Waals surface area (Å²) in [6, 6.07) is 13.9. The quantitative estimate of drug-likeness (QED) is 0.340. The predicted octanol–water partition coefficient (Wildman–Crippen LogP) is 4.89. The van der Waals surface area contributed by atoms with Gasteiger partial charge in [-0.05, 0) is 42.0 Å². The van der Waals surface area contributed by atoms with Gasteiger partial charge >= 0.3 is 0 Å². The van der Waals surface area contributed by atoms with E-state index in [2.05, 4.69) is 11.6 Å². The van der Waals surface area contributed by atoms with E-state index in [9.17, 15) is 10.1 Å². The number of pyridine rings is 1. The number of benzene rings is 2. The van der Waals surface area contributed by atoms with E-state index in [0.29, 0.717) is 34.7 Å². The van der Waals surface area contributed by atoms with Gasteiger partial charge < -0.3 is 9.47 Å². The molecule has 0 amide bonds. The smallest absolute Gasteiger partial charge is 0.278 e. The van der Waals surface area contributed by atoms with Gasteiger partial charge in [0.25, 0.3) is 5.69 Å². The summed E-state index contributed by atoms with van der Waals surface area (Å²) in [6.45, 7) is 4.03. The Morgan fingerprint density at radius 2 is 2.00 bits per heavy atom. The van der Waals surface area contributed by atoms with Crippen LogP contribution in [0.2, 0.25) is 0 Å². The molecule has 0 saturated carbocycles. The number of ether oxygens (including phenoxy) is 2. The monoisotopic (exact) mass is 362 g/mol. The largest absolute Gasteiger partial charge is 0.493 e. The summed E-state index contributed by atoms with van der Waals surface area (Å²) in [7, 11) is 1.58. The molecule has 0 unspecified atom stereocenters. The number of methoxy groups -OCH3 is 1. The van der Waals surface area contributed by atoms with Crippen LogP contribution in [-0.4, -0.2) is 23.6 Å². The van der Waals surface area contributed by atoms with Crippen LogP contribution < -0.4 is 9.47 Å². The van der Waals surface area contributed by atoms with Gasteiger partial charge in [0.15, 0.2) is 11.5 Å². The lowest BCUT2D eigenvalue weighted by Gasteiger charge is -2.09. The van der Waals surface area contributed by atoms with E-state index in [1.54, 1.807) is 37.5 Å². The summed E-state index contributed by atoms with van der Waals surface area (Å²) in [5, 5.41) is 11.6. The Morgan fingerprint density at radius 3 is 2.74 bits per heavy atom. The van der Waals surface area contributed by atoms with Gasteiger partial charge in [0.05, 0.1) is 28.6 Å². The number of nitro benzene ring substituents is 1. The van der Waals surface area contributed by atoms with Gasteiger partial charge in [-0.25, -0.2) is 4.98 Å². The fraction of sp³-hybridized carbons (Fsp3) is 0.0952. The molecular weight excluding hydrogens is 344 g/mol. The third-order valence-electron chi connectivity index (χ3n) is 3.92. The maximum Gasteiger partial charge on any atom is 0.278 e. The summed E-state index contributed by atoms with van der Waals surface area (Å²) in [5.41, 5.74) is 2.25. The van der Waals surface area contributed by atoms with Crippen molar-refractivity contribution in [2.75, 3.05) is 13.7 Å². The van der Waals surface area contributed by atoms with Gasteiger partial charge in [-0.1, -0.05) is 30.9 Å².